The number of hydrogen-bond donors (Lipinski definition) is 1. The van der Waals surface area contributed by atoms with Crippen molar-refractivity contribution in [2.24, 2.45) is 0 Å². The second-order valence-corrected chi connectivity index (χ2v) is 6.80. The van der Waals surface area contributed by atoms with Crippen molar-refractivity contribution in [1.82, 2.24) is 5.09 Å². The molecule has 27 heavy (non-hydrogen) atoms. The van der Waals surface area contributed by atoms with Crippen LogP contribution < -0.4 is 9.61 Å². The number of nitrogens with one attached hydrogen (secondary N) is 1. The fraction of sp³-hybridized carbons (Fsp3) is 0.353. The zero-order chi connectivity index (χ0) is 19.6. The predicted molar refractivity (Wildman–Crippen MR) is 98.4 cm³/mol. The van der Waals surface area contributed by atoms with Crippen LogP contribution in [0, 0.1) is 10.1 Å². The molecule has 0 fully saturated rings. The van der Waals surface area contributed by atoms with Crippen LogP contribution in [0.4, 0.5) is 0 Å². The van der Waals surface area contributed by atoms with E-state index in [0.717, 1.165) is 5.56 Å². The molecule has 9 nitrogen and oxygen atoms in total. The number of nitro groups is 1. The van der Waals surface area contributed by atoms with Gasteiger partial charge in [-0.1, -0.05) is 24.8 Å². The van der Waals surface area contributed by atoms with Gasteiger partial charge in [0.05, 0.1) is 17.8 Å². The molecule has 0 aliphatic carbocycles. The average Bonchev–Trinajstić information content (AvgIpc) is 3.14. The van der Waals surface area contributed by atoms with Crippen LogP contribution >= 0.6 is 8.53 Å². The summed E-state index contributed by atoms with van der Waals surface area (Å²) in [6.07, 6.45) is 2.49. The minimum atomic E-state index is -1.46. The fourth-order valence-electron chi connectivity index (χ4n) is 2.12. The molecule has 146 valence electrons. The molecule has 2 unspecified atom stereocenters. The maximum absolute atomic E-state index is 11.6. The van der Waals surface area contributed by atoms with Crippen molar-refractivity contribution in [3.05, 3.63) is 64.4 Å². The maximum atomic E-state index is 11.6. The van der Waals surface area contributed by atoms with Crippen LogP contribution in [0.15, 0.2) is 48.8 Å². The molecule has 1 aromatic carbocycles. The Bertz CT molecular complexity index is 693. The van der Waals surface area contributed by atoms with E-state index in [-0.39, 0.29) is 32.0 Å². The number of hydrogen-bond acceptors (Lipinski definition) is 8. The van der Waals surface area contributed by atoms with Gasteiger partial charge in [0.2, 0.25) is 0 Å². The summed E-state index contributed by atoms with van der Waals surface area (Å²) in [5, 5.41) is 13.6. The maximum Gasteiger partial charge on any atom is 0.357 e. The van der Waals surface area contributed by atoms with Gasteiger partial charge < -0.3 is 18.5 Å². The van der Waals surface area contributed by atoms with Gasteiger partial charge in [-0.15, -0.1) is 0 Å². The number of carbonyl (C=O) groups is 1. The van der Waals surface area contributed by atoms with Gasteiger partial charge in [-0.05, 0) is 30.8 Å². The molecule has 10 heteroatoms. The second kappa shape index (κ2) is 10.6. The molecule has 2 rings (SSSR count). The Morgan fingerprint density at radius 3 is 2.81 bits per heavy atom. The molecule has 2 atom stereocenters. The second-order valence-electron chi connectivity index (χ2n) is 5.40. The molecule has 0 saturated heterocycles. The zero-order valence-corrected chi connectivity index (χ0v) is 15.7. The minimum absolute atomic E-state index is 0.0735. The van der Waals surface area contributed by atoms with Crippen molar-refractivity contribution in [2.45, 2.75) is 19.1 Å². The van der Waals surface area contributed by atoms with Crippen LogP contribution in [0.5, 0.6) is 5.75 Å². The Morgan fingerprint density at radius 1 is 1.48 bits per heavy atom. The molecular formula is C17H21N2O7P. The summed E-state index contributed by atoms with van der Waals surface area (Å²) in [6, 6.07) is 6.97. The SMILES string of the molecule is C=CCOC(=O)Cc1ccc(OP(NC)OCC2=CCC([N+](=O)[O-])O2)cc1. The average molecular weight is 396 g/mol. The molecule has 1 aromatic rings. The first-order valence-electron chi connectivity index (χ1n) is 8.15. The number of carbonyl (C=O) groups excluding carboxylic acids is 1. The van der Waals surface area contributed by atoms with E-state index in [2.05, 4.69) is 11.7 Å². The summed E-state index contributed by atoms with van der Waals surface area (Å²) in [6.45, 7) is 3.75. The van der Waals surface area contributed by atoms with E-state index in [4.69, 9.17) is 18.5 Å². The summed E-state index contributed by atoms with van der Waals surface area (Å²) in [5.41, 5.74) is 0.793. The number of ether oxygens (including phenoxy) is 2. The molecule has 0 amide bonds. The van der Waals surface area contributed by atoms with Crippen molar-refractivity contribution >= 4 is 14.5 Å². The van der Waals surface area contributed by atoms with Crippen LogP contribution in [0.1, 0.15) is 12.0 Å². The van der Waals surface area contributed by atoms with Crippen LogP contribution in [-0.2, 0) is 25.2 Å². The number of nitrogens with zero attached hydrogens (tertiary/aromatic N) is 1. The number of esters is 1. The Hall–Kier alpha value is -2.48. The van der Waals surface area contributed by atoms with E-state index < -0.39 is 19.7 Å². The Balaban J connectivity index is 1.79. The van der Waals surface area contributed by atoms with Crippen molar-refractivity contribution < 1.29 is 28.2 Å². The van der Waals surface area contributed by atoms with Crippen LogP contribution in [0.2, 0.25) is 0 Å². The summed E-state index contributed by atoms with van der Waals surface area (Å²) in [4.78, 5) is 21.8. The van der Waals surface area contributed by atoms with Crippen LogP contribution in [0.25, 0.3) is 0 Å². The van der Waals surface area contributed by atoms with Crippen LogP contribution in [0.3, 0.4) is 0 Å². The third kappa shape index (κ3) is 6.97. The van der Waals surface area contributed by atoms with Gasteiger partial charge in [-0.3, -0.25) is 14.9 Å². The Kier molecular flexibility index (Phi) is 8.19. The fourth-order valence-corrected chi connectivity index (χ4v) is 2.95. The van der Waals surface area contributed by atoms with E-state index in [1.165, 1.54) is 6.08 Å². The molecule has 0 aromatic heterocycles. The van der Waals surface area contributed by atoms with E-state index in [0.29, 0.717) is 11.5 Å². The van der Waals surface area contributed by atoms with Crippen molar-refractivity contribution in [3.8, 4) is 5.75 Å². The van der Waals surface area contributed by atoms with Crippen molar-refractivity contribution in [3.63, 3.8) is 0 Å². The van der Waals surface area contributed by atoms with Crippen LogP contribution in [-0.4, -0.2) is 37.4 Å². The number of rotatable bonds is 11. The molecule has 1 aliphatic heterocycles. The normalized spacial score (nSPS) is 16.8. The number of benzene rings is 1. The molecule has 0 spiro atoms. The molecule has 0 saturated carbocycles. The lowest BCUT2D eigenvalue weighted by Crippen LogP contribution is -2.18. The first-order chi connectivity index (χ1) is 13.0. The summed E-state index contributed by atoms with van der Waals surface area (Å²) in [7, 11) is 0.222. The molecular weight excluding hydrogens is 375 g/mol. The first kappa shape index (κ1) is 20.8. The van der Waals surface area contributed by atoms with E-state index in [1.807, 2.05) is 0 Å². The van der Waals surface area contributed by atoms with Gasteiger partial charge in [-0.25, -0.2) is 5.09 Å². The van der Waals surface area contributed by atoms with Gasteiger partial charge in [0.15, 0.2) is 0 Å². The van der Waals surface area contributed by atoms with Gasteiger partial charge in [0, 0.05) is 0 Å². The first-order valence-corrected chi connectivity index (χ1v) is 9.32. The monoisotopic (exact) mass is 396 g/mol. The lowest BCUT2D eigenvalue weighted by Gasteiger charge is -2.17. The van der Waals surface area contributed by atoms with Gasteiger partial charge in [0.25, 0.3) is 0 Å². The highest BCUT2D eigenvalue weighted by atomic mass is 31.2. The van der Waals surface area contributed by atoms with E-state index >= 15 is 0 Å². The largest absolute Gasteiger partial charge is 0.461 e. The predicted octanol–water partition coefficient (Wildman–Crippen LogP) is 2.71. The van der Waals surface area contributed by atoms with Crippen molar-refractivity contribution in [1.29, 1.82) is 0 Å². The third-order valence-corrected chi connectivity index (χ3v) is 4.50. The van der Waals surface area contributed by atoms with E-state index in [1.54, 1.807) is 37.4 Å². The Morgan fingerprint density at radius 2 is 2.22 bits per heavy atom. The van der Waals surface area contributed by atoms with Gasteiger partial charge >= 0.3 is 20.7 Å². The Labute approximate surface area is 158 Å². The minimum Gasteiger partial charge on any atom is -0.461 e. The highest BCUT2D eigenvalue weighted by Gasteiger charge is 2.28. The topological polar surface area (TPSA) is 109 Å². The summed E-state index contributed by atoms with van der Waals surface area (Å²) >= 11 is 0. The molecule has 1 aliphatic rings. The lowest BCUT2D eigenvalue weighted by atomic mass is 10.1. The quantitative estimate of drug-likeness (QED) is 0.200. The molecule has 0 bridgehead atoms. The smallest absolute Gasteiger partial charge is 0.357 e. The zero-order valence-electron chi connectivity index (χ0n) is 14.8. The molecule has 1 heterocycles. The summed E-state index contributed by atoms with van der Waals surface area (Å²) < 4.78 is 21.4. The lowest BCUT2D eigenvalue weighted by molar-refractivity contribution is -0.567. The standard InChI is InChI=1S/C17H21N2O7P/c1-3-10-23-17(20)11-13-4-6-14(7-5-13)26-27(18-2)24-12-15-8-9-16(25-15)19(21)22/h3-8,16,18H,1,9-12H2,2H3. The highest BCUT2D eigenvalue weighted by molar-refractivity contribution is 7.45. The summed E-state index contributed by atoms with van der Waals surface area (Å²) in [5.74, 6) is 0.641. The van der Waals surface area contributed by atoms with Gasteiger partial charge in [-0.2, -0.15) is 0 Å². The van der Waals surface area contributed by atoms with E-state index in [9.17, 15) is 14.9 Å². The molecule has 0 radical (unpaired) electrons. The van der Waals surface area contributed by atoms with Gasteiger partial charge in [0.1, 0.15) is 24.7 Å². The third-order valence-electron chi connectivity index (χ3n) is 3.40. The molecule has 1 N–H and O–H groups in total. The van der Waals surface area contributed by atoms with Crippen molar-refractivity contribution in [2.75, 3.05) is 20.3 Å². The highest BCUT2D eigenvalue weighted by Crippen LogP contribution is 2.36.